The molecular formula is C15H23Cl2N. The van der Waals surface area contributed by atoms with Crippen LogP contribution in [0.2, 0.25) is 10.0 Å². The van der Waals surface area contributed by atoms with Crippen molar-refractivity contribution in [3.63, 3.8) is 0 Å². The highest BCUT2D eigenvalue weighted by Crippen LogP contribution is 2.27. The van der Waals surface area contributed by atoms with Crippen LogP contribution in [0, 0.1) is 11.8 Å². The molecule has 1 nitrogen and oxygen atoms in total. The lowest BCUT2D eigenvalue weighted by Crippen LogP contribution is -2.27. The molecule has 0 heterocycles. The summed E-state index contributed by atoms with van der Waals surface area (Å²) in [6.45, 7) is 8.74. The predicted molar refractivity (Wildman–Crippen MR) is 81.7 cm³/mol. The Kier molecular flexibility index (Phi) is 7.06. The maximum absolute atomic E-state index is 6.21. The second-order valence-electron chi connectivity index (χ2n) is 5.23. The van der Waals surface area contributed by atoms with Crippen LogP contribution in [0.4, 0.5) is 0 Å². The first-order valence-corrected chi connectivity index (χ1v) is 7.43. The van der Waals surface area contributed by atoms with Gasteiger partial charge in [-0.3, -0.25) is 0 Å². The van der Waals surface area contributed by atoms with Crippen molar-refractivity contribution in [3.05, 3.63) is 33.8 Å². The summed E-state index contributed by atoms with van der Waals surface area (Å²) in [7, 11) is 0. The molecule has 0 radical (unpaired) electrons. The van der Waals surface area contributed by atoms with E-state index in [-0.39, 0.29) is 0 Å². The van der Waals surface area contributed by atoms with E-state index in [1.54, 1.807) is 0 Å². The van der Waals surface area contributed by atoms with Crippen LogP contribution in [-0.4, -0.2) is 13.1 Å². The van der Waals surface area contributed by atoms with Gasteiger partial charge in [-0.25, -0.2) is 0 Å². The minimum atomic E-state index is 0.584. The number of nitrogens with one attached hydrogen (secondary N) is 1. The molecule has 18 heavy (non-hydrogen) atoms. The molecule has 0 aliphatic carbocycles. The number of hydrogen-bond donors (Lipinski definition) is 1. The first-order valence-electron chi connectivity index (χ1n) is 6.68. The Morgan fingerprint density at radius 2 is 1.72 bits per heavy atom. The molecule has 0 saturated carbocycles. The molecule has 1 unspecified atom stereocenters. The monoisotopic (exact) mass is 287 g/mol. The number of benzene rings is 1. The van der Waals surface area contributed by atoms with Gasteiger partial charge < -0.3 is 5.32 Å². The van der Waals surface area contributed by atoms with Crippen molar-refractivity contribution in [2.24, 2.45) is 11.8 Å². The van der Waals surface area contributed by atoms with Gasteiger partial charge in [-0.05, 0) is 49.0 Å². The van der Waals surface area contributed by atoms with E-state index >= 15 is 0 Å². The van der Waals surface area contributed by atoms with Gasteiger partial charge >= 0.3 is 0 Å². The Morgan fingerprint density at radius 1 is 1.11 bits per heavy atom. The van der Waals surface area contributed by atoms with E-state index in [0.717, 1.165) is 41.5 Å². The Hall–Kier alpha value is -0.240. The smallest absolute Gasteiger partial charge is 0.0452 e. The maximum Gasteiger partial charge on any atom is 0.0452 e. The summed E-state index contributed by atoms with van der Waals surface area (Å²) in [5.41, 5.74) is 1.08. The zero-order valence-electron chi connectivity index (χ0n) is 11.5. The van der Waals surface area contributed by atoms with Gasteiger partial charge in [0.15, 0.2) is 0 Å². The molecule has 0 saturated heterocycles. The first-order chi connectivity index (χ1) is 8.54. The molecule has 1 rings (SSSR count). The molecular weight excluding hydrogens is 265 g/mol. The highest BCUT2D eigenvalue weighted by molar-refractivity contribution is 6.35. The molecule has 0 aromatic heterocycles. The Balaban J connectivity index is 2.57. The average Bonchev–Trinajstić information content (AvgIpc) is 2.31. The van der Waals surface area contributed by atoms with Gasteiger partial charge in [-0.2, -0.15) is 0 Å². The van der Waals surface area contributed by atoms with Crippen LogP contribution in [-0.2, 0) is 6.42 Å². The van der Waals surface area contributed by atoms with Crippen molar-refractivity contribution in [3.8, 4) is 0 Å². The van der Waals surface area contributed by atoms with Crippen LogP contribution in [0.5, 0.6) is 0 Å². The molecule has 1 N–H and O–H groups in total. The van der Waals surface area contributed by atoms with Crippen molar-refractivity contribution in [2.75, 3.05) is 13.1 Å². The largest absolute Gasteiger partial charge is 0.316 e. The van der Waals surface area contributed by atoms with E-state index in [1.165, 1.54) is 0 Å². The van der Waals surface area contributed by atoms with E-state index in [1.807, 2.05) is 18.2 Å². The van der Waals surface area contributed by atoms with E-state index < -0.39 is 0 Å². The lowest BCUT2D eigenvalue weighted by atomic mass is 9.96. The van der Waals surface area contributed by atoms with Gasteiger partial charge in [0.2, 0.25) is 0 Å². The second kappa shape index (κ2) is 8.04. The van der Waals surface area contributed by atoms with Crippen LogP contribution in [0.1, 0.15) is 32.8 Å². The fourth-order valence-corrected chi connectivity index (χ4v) is 2.50. The van der Waals surface area contributed by atoms with E-state index in [4.69, 9.17) is 23.2 Å². The highest BCUT2D eigenvalue weighted by atomic mass is 35.5. The minimum Gasteiger partial charge on any atom is -0.316 e. The maximum atomic E-state index is 6.21. The average molecular weight is 288 g/mol. The molecule has 0 fully saturated rings. The van der Waals surface area contributed by atoms with Crippen molar-refractivity contribution < 1.29 is 0 Å². The first kappa shape index (κ1) is 15.8. The lowest BCUT2D eigenvalue weighted by Gasteiger charge is -2.18. The zero-order valence-corrected chi connectivity index (χ0v) is 13.0. The van der Waals surface area contributed by atoms with E-state index in [2.05, 4.69) is 26.1 Å². The van der Waals surface area contributed by atoms with Gasteiger partial charge in [0, 0.05) is 10.0 Å². The minimum absolute atomic E-state index is 0.584. The summed E-state index contributed by atoms with van der Waals surface area (Å²) < 4.78 is 0. The van der Waals surface area contributed by atoms with E-state index in [9.17, 15) is 0 Å². The van der Waals surface area contributed by atoms with Crippen LogP contribution < -0.4 is 5.32 Å². The molecule has 0 spiro atoms. The third-order valence-corrected chi connectivity index (χ3v) is 3.83. The van der Waals surface area contributed by atoms with Gasteiger partial charge in [0.25, 0.3) is 0 Å². The summed E-state index contributed by atoms with van der Waals surface area (Å²) in [4.78, 5) is 0. The Morgan fingerprint density at radius 3 is 2.22 bits per heavy atom. The molecule has 0 amide bonds. The van der Waals surface area contributed by atoms with Crippen LogP contribution >= 0.6 is 23.2 Å². The summed E-state index contributed by atoms with van der Waals surface area (Å²) in [6.07, 6.45) is 2.08. The quantitative estimate of drug-likeness (QED) is 0.759. The molecule has 1 aromatic carbocycles. The van der Waals surface area contributed by atoms with Gasteiger partial charge in [-0.1, -0.05) is 56.5 Å². The van der Waals surface area contributed by atoms with Gasteiger partial charge in [0.05, 0.1) is 0 Å². The lowest BCUT2D eigenvalue weighted by molar-refractivity contribution is 0.437. The summed E-state index contributed by atoms with van der Waals surface area (Å²) in [5, 5.41) is 5.07. The molecule has 0 bridgehead atoms. The van der Waals surface area contributed by atoms with Crippen LogP contribution in [0.15, 0.2) is 18.2 Å². The molecule has 1 atom stereocenters. The highest BCUT2D eigenvalue weighted by Gasteiger charge is 2.12. The van der Waals surface area contributed by atoms with Crippen LogP contribution in [0.25, 0.3) is 0 Å². The normalized spacial score (nSPS) is 13.0. The molecule has 0 aliphatic heterocycles. The number of rotatable bonds is 7. The predicted octanol–water partition coefficient (Wildman–Crippen LogP) is 4.81. The molecule has 3 heteroatoms. The van der Waals surface area contributed by atoms with Crippen molar-refractivity contribution in [1.29, 1.82) is 0 Å². The molecule has 102 valence electrons. The third kappa shape index (κ3) is 5.17. The molecule has 1 aromatic rings. The van der Waals surface area contributed by atoms with Gasteiger partial charge in [-0.15, -0.1) is 0 Å². The molecule has 0 aliphatic rings. The van der Waals surface area contributed by atoms with Crippen molar-refractivity contribution in [2.45, 2.75) is 33.6 Å². The SMILES string of the molecule is CCC(CNCC(C)C)Cc1c(Cl)cccc1Cl. The second-order valence-corrected chi connectivity index (χ2v) is 6.05. The Bertz CT molecular complexity index is 343. The third-order valence-electron chi connectivity index (χ3n) is 3.12. The summed E-state index contributed by atoms with van der Waals surface area (Å²) in [6, 6.07) is 5.72. The standard InChI is InChI=1S/C15H23Cl2N/c1-4-12(10-18-9-11(2)3)8-13-14(16)6-5-7-15(13)17/h5-7,11-12,18H,4,8-10H2,1-3H3. The Labute approximate surface area is 121 Å². The summed E-state index contributed by atoms with van der Waals surface area (Å²) in [5.74, 6) is 1.27. The fourth-order valence-electron chi connectivity index (χ4n) is 1.95. The number of hydrogen-bond acceptors (Lipinski definition) is 1. The number of halogens is 2. The van der Waals surface area contributed by atoms with Crippen molar-refractivity contribution in [1.82, 2.24) is 5.32 Å². The topological polar surface area (TPSA) is 12.0 Å². The zero-order chi connectivity index (χ0) is 13.5. The van der Waals surface area contributed by atoms with Crippen molar-refractivity contribution >= 4 is 23.2 Å². The fraction of sp³-hybridized carbons (Fsp3) is 0.600. The van der Waals surface area contributed by atoms with Gasteiger partial charge in [0.1, 0.15) is 0 Å². The van der Waals surface area contributed by atoms with E-state index in [0.29, 0.717) is 11.8 Å². The van der Waals surface area contributed by atoms with Crippen LogP contribution in [0.3, 0.4) is 0 Å². The summed E-state index contributed by atoms with van der Waals surface area (Å²) >= 11 is 12.4.